The van der Waals surface area contributed by atoms with E-state index in [1.165, 1.54) is 55.5 Å². The third-order valence-electron chi connectivity index (χ3n) is 15.7. The molecule has 0 aliphatic carbocycles. The first-order chi connectivity index (χ1) is 57.7. The number of ether oxygens (including phenoxy) is 2. The second kappa shape index (κ2) is 47.4. The van der Waals surface area contributed by atoms with Crippen molar-refractivity contribution in [2.24, 2.45) is 0 Å². The molecule has 0 aliphatic rings. The van der Waals surface area contributed by atoms with Crippen molar-refractivity contribution in [3.63, 3.8) is 0 Å². The highest BCUT2D eigenvalue weighted by Crippen LogP contribution is 2.38. The number of hydrogen-bond donors (Lipinski definition) is 3. The van der Waals surface area contributed by atoms with Gasteiger partial charge in [-0.05, 0) is 162 Å². The van der Waals surface area contributed by atoms with Crippen LogP contribution in [0.3, 0.4) is 0 Å². The summed E-state index contributed by atoms with van der Waals surface area (Å²) in [5, 5.41) is 25.9. The van der Waals surface area contributed by atoms with Crippen molar-refractivity contribution in [3.8, 4) is 5.75 Å². The second-order valence-electron chi connectivity index (χ2n) is 25.9. The van der Waals surface area contributed by atoms with Gasteiger partial charge in [0.05, 0.1) is 83.0 Å². The van der Waals surface area contributed by atoms with Gasteiger partial charge in [0.15, 0.2) is 49.6 Å². The number of carbonyl (C=O) groups excluding carboxylic acids is 3. The zero-order valence-electron chi connectivity index (χ0n) is 66.2. The van der Waals surface area contributed by atoms with Crippen LogP contribution < -0.4 is 34.9 Å². The Labute approximate surface area is 739 Å². The molecule has 4 radical (unpaired) electrons. The van der Waals surface area contributed by atoms with E-state index in [0.29, 0.717) is 61.6 Å². The maximum atomic E-state index is 13.6. The fourth-order valence-corrected chi connectivity index (χ4v) is 15.0. The van der Waals surface area contributed by atoms with Crippen LogP contribution in [0.5, 0.6) is 5.75 Å². The van der Waals surface area contributed by atoms with Gasteiger partial charge in [-0.25, -0.2) is 96.4 Å². The van der Waals surface area contributed by atoms with E-state index in [4.69, 9.17) is 23.2 Å². The van der Waals surface area contributed by atoms with Crippen LogP contribution >= 0.6 is 0 Å². The molecular formula is C79H64B2F14IO25S6-5. The maximum absolute atomic E-state index is 13.6. The fraction of sp³-hybridized carbons (Fsp3) is 0.177. The number of esters is 2. The van der Waals surface area contributed by atoms with Gasteiger partial charge in [-0.1, -0.05) is 102 Å². The summed E-state index contributed by atoms with van der Waals surface area (Å²) in [5.41, 5.74) is -3.61. The van der Waals surface area contributed by atoms with Gasteiger partial charge in [-0.15, -0.1) is 0 Å². The standard InChI is InChI=1S/C18H12F3S.C15H24O3S.C10H10O7S.C8H3BF6.C8H6O7S.C8H8O4S.C6BF5.C6H6O4S.HI/c19-13-4-1-7-16(10-13)22(17-8-2-5-14(20)11-17)18-9-3-6-15(21)12-18;1-9(2)12-7-13(10(3)4)15(19(16,17)18)14(8-12)11(5)6;1-16-9(11)6-3-7(10(12)17-2)5-8(4-6)18(13,14)15;9-6-2-4(7(10,11)12)1-5(3-6)8(13,14)15;9-7(10)4-1-5(8(11)12)3-6(2-4)16(13,14)15;1-6(9)7-2-4-8(5-3-7)13(10,11)12;7-1-2(8)4(10)6(12)5(11)3(1)9;7-5-1-3-6(4-2-5)11(8,9)10;/h1-12H;7-11H,1-6H3,(H,16,17,18);3-5H,1-2H3,(H,13,14,15);1-3H;1-3H,(H,9,10)(H,11,12)(H,13,14,15);2-5H,1H3,(H,10,11,12);;1-4,7H,(H,8,9,10);1H/q+1;;;;;;;;/p-6. The van der Waals surface area contributed by atoms with Crippen molar-refractivity contribution in [1.29, 1.82) is 0 Å². The molecule has 0 saturated heterocycles. The molecule has 0 bridgehead atoms. The maximum Gasteiger partial charge on any atom is 0.416 e. The van der Waals surface area contributed by atoms with Crippen molar-refractivity contribution in [1.82, 2.24) is 0 Å². The van der Waals surface area contributed by atoms with E-state index >= 15 is 0 Å². The van der Waals surface area contributed by atoms with Crippen molar-refractivity contribution in [2.45, 2.75) is 118 Å². The zero-order chi connectivity index (χ0) is 96.8. The predicted molar refractivity (Wildman–Crippen MR) is 417 cm³/mol. The van der Waals surface area contributed by atoms with Gasteiger partial charge in [-0.2, -0.15) is 26.3 Å². The lowest BCUT2D eigenvalue weighted by atomic mass is 9.89. The number of carboxylic acids is 2. The van der Waals surface area contributed by atoms with E-state index in [0.717, 1.165) is 80.4 Å². The molecule has 0 spiro atoms. The van der Waals surface area contributed by atoms with E-state index in [9.17, 15) is 150 Å². The Kier molecular flexibility index (Phi) is 42.0. The molecule has 0 aliphatic heterocycles. The predicted octanol–water partition coefficient (Wildman–Crippen LogP) is 11.1. The van der Waals surface area contributed by atoms with Gasteiger partial charge >= 0.3 is 36.2 Å². The number of carboxylic acid groups (broad SMARTS) is 2. The van der Waals surface area contributed by atoms with Crippen molar-refractivity contribution in [3.05, 3.63) is 290 Å². The highest BCUT2D eigenvalue weighted by Gasteiger charge is 2.37. The number of ketones is 1. The molecule has 127 heavy (non-hydrogen) atoms. The number of phenols is 1. The number of halogens is 15. The van der Waals surface area contributed by atoms with Crippen molar-refractivity contribution >= 4 is 118 Å². The van der Waals surface area contributed by atoms with Crippen molar-refractivity contribution < 1.29 is 199 Å². The Balaban J connectivity index is 0.000000495. The summed E-state index contributed by atoms with van der Waals surface area (Å²) >= 11 is 0. The lowest BCUT2D eigenvalue weighted by molar-refractivity contribution is -0.143. The number of alkyl halides is 6. The van der Waals surface area contributed by atoms with Gasteiger partial charge in [0, 0.05) is 23.8 Å². The smallest absolute Gasteiger partial charge is 0.416 e. The number of aromatic hydroxyl groups is 1. The topological polar surface area (TPSA) is 450 Å². The summed E-state index contributed by atoms with van der Waals surface area (Å²) in [5.74, 6) is -16.1. The number of hydrogen-bond acceptors (Lipinski definition) is 23. The minimum absolute atomic E-state index is 0. The highest BCUT2D eigenvalue weighted by molar-refractivity contribution is 7.97. The van der Waals surface area contributed by atoms with Crippen LogP contribution in [0.15, 0.2) is 227 Å². The third kappa shape index (κ3) is 35.1. The molecule has 48 heteroatoms. The lowest BCUT2D eigenvalue weighted by Crippen LogP contribution is -3.00. The van der Waals surface area contributed by atoms with Gasteiger partial charge in [-0.3, -0.25) is 4.79 Å². The minimum Gasteiger partial charge on any atom is -1.00 e. The molecule has 10 rings (SSSR count). The number of methoxy groups -OCH3 is 2. The van der Waals surface area contributed by atoms with Crippen molar-refractivity contribution in [2.75, 3.05) is 14.2 Å². The SMILES string of the molecule is CC(=O)c1ccc(S(=O)(=O)[O-])cc1.CC(C)c1cc(C(C)C)c(S(=O)(=O)[O-])c(C(C)C)c1.COC(=O)c1cc(C(=O)OC)cc(S(=O)(=O)[O-])c1.Fc1cccc([S+](c2cccc(F)c2)c2cccc(F)c2)c1.O=C(O)c1cc(C(=O)O)cc(S(=O)(=O)[O-])c1.O=S(=O)([O-])c1ccc(O)cc1.[B]c1c(F)c(F)c(F)c(F)c1F.[B]c1cc(C(F)(F)F)cc(C(F)(F)F)c1.[I-]. The van der Waals surface area contributed by atoms with Crippen LogP contribution in [0.1, 0.15) is 146 Å². The Bertz CT molecular complexity index is 5900. The molecule has 0 heterocycles. The number of rotatable bonds is 16. The number of Topliss-reactive ketones (excluding diaryl/α,β-unsaturated/α-hetero) is 1. The van der Waals surface area contributed by atoms with Gasteiger partial charge in [0.2, 0.25) is 0 Å². The largest absolute Gasteiger partial charge is 1.00 e. The highest BCUT2D eigenvalue weighted by atomic mass is 127. The van der Waals surface area contributed by atoms with Crippen LogP contribution in [0.25, 0.3) is 0 Å². The molecule has 10 aromatic carbocycles. The Morgan fingerprint density at radius 1 is 0.386 bits per heavy atom. The molecule has 25 nitrogen and oxygen atoms in total. The van der Waals surface area contributed by atoms with Gasteiger partial charge < -0.3 is 71.5 Å². The molecule has 0 atom stereocenters. The van der Waals surface area contributed by atoms with Crippen LogP contribution in [0.4, 0.5) is 61.5 Å². The van der Waals surface area contributed by atoms with E-state index in [-0.39, 0.29) is 96.7 Å². The lowest BCUT2D eigenvalue weighted by Gasteiger charge is -2.24. The van der Waals surface area contributed by atoms with Gasteiger partial charge in [0.1, 0.15) is 89.5 Å². The summed E-state index contributed by atoms with van der Waals surface area (Å²) in [6.45, 7) is 13.2. The fourth-order valence-electron chi connectivity index (χ4n) is 9.64. The Hall–Kier alpha value is -10.7. The van der Waals surface area contributed by atoms with E-state index in [1.54, 1.807) is 36.4 Å². The third-order valence-corrected chi connectivity index (χ3v) is 22.2. The zero-order valence-corrected chi connectivity index (χ0v) is 73.3. The molecule has 0 unspecified atom stereocenters. The van der Waals surface area contributed by atoms with Crippen LogP contribution in [-0.4, -0.2) is 140 Å². The summed E-state index contributed by atoms with van der Waals surface area (Å²) in [6.07, 6.45) is -9.68. The quantitative estimate of drug-likeness (QED) is 0.00931. The molecule has 10 aromatic rings. The van der Waals surface area contributed by atoms with E-state index in [1.807, 2.05) is 39.8 Å². The molecule has 0 fully saturated rings. The molecule has 682 valence electrons. The first-order valence-electron chi connectivity index (χ1n) is 34.3. The average molecular weight is 2020 g/mol. The molecule has 0 aromatic heterocycles. The summed E-state index contributed by atoms with van der Waals surface area (Å²) < 4.78 is 345. The molecular weight excluding hydrogens is 1960 g/mol. The minimum atomic E-state index is -4.89. The van der Waals surface area contributed by atoms with Crippen LogP contribution in [-0.2, 0) is 83.3 Å². The monoisotopic (exact) mass is 2020 g/mol. The summed E-state index contributed by atoms with van der Waals surface area (Å²) in [7, 11) is -12.0. The summed E-state index contributed by atoms with van der Waals surface area (Å²) in [6, 6.07) is 37.0. The summed E-state index contributed by atoms with van der Waals surface area (Å²) in [4.78, 5) is 54.3. The van der Waals surface area contributed by atoms with Gasteiger partial charge in [0.25, 0.3) is 0 Å². The molecule has 0 saturated carbocycles. The van der Waals surface area contributed by atoms with E-state index < -0.39 is 170 Å². The van der Waals surface area contributed by atoms with Crippen LogP contribution in [0.2, 0.25) is 0 Å². The number of phenolic OH excluding ortho intramolecular Hbond substituents is 1. The number of benzene rings is 10. The number of aromatic carboxylic acids is 2. The van der Waals surface area contributed by atoms with E-state index in [2.05, 4.69) is 31.2 Å². The first-order valence-corrected chi connectivity index (χ1v) is 42.6. The normalized spacial score (nSPS) is 11.4. The number of carbonyl (C=O) groups is 5. The molecule has 3 N–H and O–H groups in total. The van der Waals surface area contributed by atoms with Crippen LogP contribution in [0, 0.1) is 46.5 Å². The second-order valence-corrected chi connectivity index (χ2v) is 34.8. The Morgan fingerprint density at radius 2 is 0.685 bits per heavy atom. The molecule has 0 amide bonds. The average Bonchev–Trinajstić information content (AvgIpc) is 0.773. The first kappa shape index (κ1) is 112. The Morgan fingerprint density at radius 3 is 0.945 bits per heavy atom.